The van der Waals surface area contributed by atoms with Crippen molar-refractivity contribution in [2.45, 2.75) is 19.0 Å². The Hall–Kier alpha value is -2.06. The van der Waals surface area contributed by atoms with Crippen LogP contribution in [0.3, 0.4) is 0 Å². The molecule has 0 radical (unpaired) electrons. The maximum atomic E-state index is 5.39. The number of halogens is 1. The molecule has 7 nitrogen and oxygen atoms in total. The molecular weight excluding hydrogens is 336 g/mol. The van der Waals surface area contributed by atoms with Crippen LogP contribution in [0.15, 0.2) is 33.8 Å². The highest BCUT2D eigenvalue weighted by Crippen LogP contribution is 2.25. The molecule has 2 N–H and O–H groups in total. The van der Waals surface area contributed by atoms with E-state index in [-0.39, 0.29) is 6.04 Å². The predicted octanol–water partition coefficient (Wildman–Crippen LogP) is 2.00. The fourth-order valence-corrected chi connectivity index (χ4v) is 2.74. The molecular formula is C13H11BrN6O. The summed E-state index contributed by atoms with van der Waals surface area (Å²) in [4.78, 5) is 16.0. The van der Waals surface area contributed by atoms with Crippen molar-refractivity contribution in [1.29, 1.82) is 0 Å². The molecule has 1 unspecified atom stereocenters. The fourth-order valence-electron chi connectivity index (χ4n) is 2.37. The number of nitrogens with zero attached hydrogens (tertiary/aromatic N) is 4. The fraction of sp³-hybridized carbons (Fsp3) is 0.231. The molecule has 0 aromatic carbocycles. The van der Waals surface area contributed by atoms with Crippen LogP contribution in [0, 0.1) is 0 Å². The van der Waals surface area contributed by atoms with Gasteiger partial charge in [0.2, 0.25) is 11.7 Å². The topological polar surface area (TPSA) is 92.5 Å². The molecule has 4 rings (SSSR count). The van der Waals surface area contributed by atoms with E-state index in [0.29, 0.717) is 11.7 Å². The van der Waals surface area contributed by atoms with Crippen LogP contribution in [0.4, 0.5) is 0 Å². The summed E-state index contributed by atoms with van der Waals surface area (Å²) in [5.41, 5.74) is 2.97. The molecule has 0 saturated carbocycles. The average Bonchev–Trinajstić information content (AvgIpc) is 3.15. The highest BCUT2D eigenvalue weighted by atomic mass is 79.9. The first-order chi connectivity index (χ1) is 10.3. The van der Waals surface area contributed by atoms with Crippen LogP contribution >= 0.6 is 15.9 Å². The molecule has 0 spiro atoms. The van der Waals surface area contributed by atoms with Gasteiger partial charge in [0, 0.05) is 35.4 Å². The van der Waals surface area contributed by atoms with Gasteiger partial charge in [-0.25, -0.2) is 4.98 Å². The van der Waals surface area contributed by atoms with Gasteiger partial charge in [-0.15, -0.1) is 0 Å². The zero-order chi connectivity index (χ0) is 14.2. The van der Waals surface area contributed by atoms with Crippen molar-refractivity contribution in [2.24, 2.45) is 0 Å². The summed E-state index contributed by atoms with van der Waals surface area (Å²) in [5, 5.41) is 7.39. The summed E-state index contributed by atoms with van der Waals surface area (Å²) in [6, 6.07) is 1.89. The molecule has 106 valence electrons. The van der Waals surface area contributed by atoms with Crippen LogP contribution in [-0.2, 0) is 13.0 Å². The summed E-state index contributed by atoms with van der Waals surface area (Å²) >= 11 is 3.38. The highest BCUT2D eigenvalue weighted by molar-refractivity contribution is 9.10. The molecule has 4 heterocycles. The molecule has 1 aliphatic heterocycles. The number of fused-ring (bicyclic) bond motifs is 1. The summed E-state index contributed by atoms with van der Waals surface area (Å²) in [6.07, 6.45) is 5.87. The summed E-state index contributed by atoms with van der Waals surface area (Å²) < 4.78 is 6.26. The first kappa shape index (κ1) is 12.7. The first-order valence-electron chi connectivity index (χ1n) is 6.48. The maximum Gasteiger partial charge on any atom is 0.244 e. The van der Waals surface area contributed by atoms with Crippen LogP contribution in [0.1, 0.15) is 23.3 Å². The molecule has 21 heavy (non-hydrogen) atoms. The number of nitrogens with one attached hydrogen (secondary N) is 2. The van der Waals surface area contributed by atoms with E-state index in [0.717, 1.165) is 34.4 Å². The number of pyridine rings is 1. The van der Waals surface area contributed by atoms with E-state index in [2.05, 4.69) is 46.3 Å². The molecule has 3 aromatic rings. The second-order valence-corrected chi connectivity index (χ2v) is 5.73. The Morgan fingerprint density at radius 3 is 3.19 bits per heavy atom. The standard InChI is InChI=1S/C13H11BrN6O/c14-8-1-7(3-15-4-8)12-19-13(21-20-12)10-2-9-11(5-16-10)18-6-17-9/h1,3-4,6,10,16H,2,5H2,(H,17,18). The third-order valence-corrected chi connectivity index (χ3v) is 3.87. The van der Waals surface area contributed by atoms with E-state index in [1.807, 2.05) is 6.07 Å². The van der Waals surface area contributed by atoms with Crippen molar-refractivity contribution < 1.29 is 4.52 Å². The van der Waals surface area contributed by atoms with Crippen LogP contribution in [0.25, 0.3) is 11.4 Å². The minimum absolute atomic E-state index is 0.0119. The Kier molecular flexibility index (Phi) is 3.04. The van der Waals surface area contributed by atoms with Crippen LogP contribution in [-0.4, -0.2) is 25.1 Å². The van der Waals surface area contributed by atoms with E-state index in [1.54, 1.807) is 18.7 Å². The number of hydrogen-bond acceptors (Lipinski definition) is 6. The van der Waals surface area contributed by atoms with Crippen molar-refractivity contribution in [1.82, 2.24) is 30.4 Å². The summed E-state index contributed by atoms with van der Waals surface area (Å²) in [7, 11) is 0. The lowest BCUT2D eigenvalue weighted by molar-refractivity contribution is 0.319. The van der Waals surface area contributed by atoms with E-state index in [4.69, 9.17) is 4.52 Å². The minimum atomic E-state index is -0.0119. The highest BCUT2D eigenvalue weighted by Gasteiger charge is 2.26. The van der Waals surface area contributed by atoms with Gasteiger partial charge >= 0.3 is 0 Å². The van der Waals surface area contributed by atoms with E-state index >= 15 is 0 Å². The molecule has 0 bridgehead atoms. The quantitative estimate of drug-likeness (QED) is 0.737. The predicted molar refractivity (Wildman–Crippen MR) is 77.1 cm³/mol. The Bertz CT molecular complexity index is 782. The van der Waals surface area contributed by atoms with Gasteiger partial charge < -0.3 is 9.51 Å². The van der Waals surface area contributed by atoms with E-state index in [9.17, 15) is 0 Å². The van der Waals surface area contributed by atoms with Crippen molar-refractivity contribution in [2.75, 3.05) is 0 Å². The maximum absolute atomic E-state index is 5.39. The average molecular weight is 347 g/mol. The molecule has 0 saturated heterocycles. The minimum Gasteiger partial charge on any atom is -0.347 e. The Labute approximate surface area is 128 Å². The number of rotatable bonds is 2. The third-order valence-electron chi connectivity index (χ3n) is 3.43. The largest absolute Gasteiger partial charge is 0.347 e. The van der Waals surface area contributed by atoms with Gasteiger partial charge in [-0.05, 0) is 22.0 Å². The van der Waals surface area contributed by atoms with Gasteiger partial charge in [-0.1, -0.05) is 5.16 Å². The smallest absolute Gasteiger partial charge is 0.244 e. The van der Waals surface area contributed by atoms with Crippen LogP contribution in [0.5, 0.6) is 0 Å². The molecule has 3 aromatic heterocycles. The lowest BCUT2D eigenvalue weighted by atomic mass is 10.1. The van der Waals surface area contributed by atoms with Crippen LogP contribution in [0.2, 0.25) is 0 Å². The van der Waals surface area contributed by atoms with Gasteiger partial charge in [0.05, 0.1) is 23.8 Å². The second kappa shape index (κ2) is 5.05. The second-order valence-electron chi connectivity index (χ2n) is 4.81. The molecule has 1 aliphatic rings. The van der Waals surface area contributed by atoms with Gasteiger partial charge in [-0.3, -0.25) is 10.3 Å². The zero-order valence-corrected chi connectivity index (χ0v) is 12.5. The molecule has 0 amide bonds. The van der Waals surface area contributed by atoms with Crippen LogP contribution < -0.4 is 5.32 Å². The molecule has 0 fully saturated rings. The third kappa shape index (κ3) is 2.36. The number of aromatic nitrogens is 5. The molecule has 8 heteroatoms. The number of imidazole rings is 1. The number of H-pyrrole nitrogens is 1. The summed E-state index contributed by atoms with van der Waals surface area (Å²) in [6.45, 7) is 0.718. The Morgan fingerprint density at radius 2 is 2.29 bits per heavy atom. The van der Waals surface area contributed by atoms with Gasteiger partial charge in [-0.2, -0.15) is 4.98 Å². The van der Waals surface area contributed by atoms with Gasteiger partial charge in [0.25, 0.3) is 0 Å². The molecule has 0 aliphatic carbocycles. The Morgan fingerprint density at radius 1 is 1.33 bits per heavy atom. The lowest BCUT2D eigenvalue weighted by Gasteiger charge is -2.19. The number of hydrogen-bond donors (Lipinski definition) is 2. The van der Waals surface area contributed by atoms with Crippen molar-refractivity contribution in [3.05, 3.63) is 46.5 Å². The van der Waals surface area contributed by atoms with E-state index < -0.39 is 0 Å². The van der Waals surface area contributed by atoms with E-state index in [1.165, 1.54) is 0 Å². The normalized spacial score (nSPS) is 17.7. The van der Waals surface area contributed by atoms with Gasteiger partial charge in [0.1, 0.15) is 0 Å². The monoisotopic (exact) mass is 346 g/mol. The zero-order valence-electron chi connectivity index (χ0n) is 10.9. The van der Waals surface area contributed by atoms with Gasteiger partial charge in [0.15, 0.2) is 0 Å². The molecule has 1 atom stereocenters. The Balaban J connectivity index is 1.61. The number of aromatic amines is 1. The lowest BCUT2D eigenvalue weighted by Crippen LogP contribution is -2.28. The van der Waals surface area contributed by atoms with Crippen molar-refractivity contribution in [3.63, 3.8) is 0 Å². The van der Waals surface area contributed by atoms with Crippen molar-refractivity contribution >= 4 is 15.9 Å². The van der Waals surface area contributed by atoms with Crippen molar-refractivity contribution in [3.8, 4) is 11.4 Å². The SMILES string of the molecule is Brc1cncc(-c2noc(C3Cc4nc[nH]c4CN3)n2)c1. The first-order valence-corrected chi connectivity index (χ1v) is 7.28. The summed E-state index contributed by atoms with van der Waals surface area (Å²) in [5.74, 6) is 1.10.